The van der Waals surface area contributed by atoms with E-state index in [2.05, 4.69) is 51.1 Å². The molecule has 0 saturated heterocycles. The smallest absolute Gasteiger partial charge is 0.215 e. The van der Waals surface area contributed by atoms with Crippen molar-refractivity contribution in [3.63, 3.8) is 0 Å². The van der Waals surface area contributed by atoms with Gasteiger partial charge in [0.2, 0.25) is 10.4 Å². The highest BCUT2D eigenvalue weighted by atomic mass is 32.3. The molecule has 0 heterocycles. The van der Waals surface area contributed by atoms with Crippen molar-refractivity contribution in [2.24, 2.45) is 0 Å². The summed E-state index contributed by atoms with van der Waals surface area (Å²) in [5.41, 5.74) is 1.51. The average Bonchev–Trinajstić information content (AvgIpc) is 2.55. The maximum absolute atomic E-state index is 8.63. The molecule has 0 aliphatic heterocycles. The Labute approximate surface area is 154 Å². The third kappa shape index (κ3) is 14.0. The highest BCUT2D eigenvalue weighted by Crippen LogP contribution is 2.19. The Hall–Kier alpha value is -0.950. The monoisotopic (exact) mass is 373 g/mol. The molecule has 0 radical (unpaired) electrons. The van der Waals surface area contributed by atoms with Gasteiger partial charge in [-0.05, 0) is 19.3 Å². The van der Waals surface area contributed by atoms with Gasteiger partial charge in [-0.2, -0.15) is 0 Å². The molecule has 5 nitrogen and oxygen atoms in total. The van der Waals surface area contributed by atoms with Crippen LogP contribution in [0.5, 0.6) is 0 Å². The van der Waals surface area contributed by atoms with Crippen molar-refractivity contribution in [1.29, 1.82) is 0 Å². The van der Waals surface area contributed by atoms with E-state index < -0.39 is 10.4 Å². The summed E-state index contributed by atoms with van der Waals surface area (Å²) in [6.07, 6.45) is 8.02. The van der Waals surface area contributed by atoms with Crippen molar-refractivity contribution in [2.75, 3.05) is 19.6 Å². The highest BCUT2D eigenvalue weighted by molar-refractivity contribution is 7.79. The Morgan fingerprint density at radius 3 is 1.56 bits per heavy atom. The van der Waals surface area contributed by atoms with E-state index in [0.717, 1.165) is 0 Å². The minimum Gasteiger partial charge on any atom is -0.726 e. The number of hydrogen-bond acceptors (Lipinski definition) is 3. The molecule has 146 valence electrons. The van der Waals surface area contributed by atoms with Crippen LogP contribution in [0, 0.1) is 0 Å². The molecule has 25 heavy (non-hydrogen) atoms. The van der Waals surface area contributed by atoms with Gasteiger partial charge >= 0.3 is 0 Å². The average molecular weight is 374 g/mol. The summed E-state index contributed by atoms with van der Waals surface area (Å²) in [4.78, 5) is 0. The van der Waals surface area contributed by atoms with Gasteiger partial charge in [0.15, 0.2) is 0 Å². The number of benzene rings is 1. The van der Waals surface area contributed by atoms with Crippen LogP contribution in [0.3, 0.4) is 0 Å². The van der Waals surface area contributed by atoms with E-state index in [4.69, 9.17) is 17.5 Å². The van der Waals surface area contributed by atoms with Crippen LogP contribution >= 0.6 is 0 Å². The SMILES string of the molecule is CCCC[N+](CCCC)(CCCC)Cc1ccccc1.O=S(=O)([O-])O. The van der Waals surface area contributed by atoms with Crippen molar-refractivity contribution in [3.05, 3.63) is 35.9 Å². The van der Waals surface area contributed by atoms with Crippen molar-refractivity contribution in [1.82, 2.24) is 0 Å². The molecule has 0 aliphatic carbocycles. The topological polar surface area (TPSA) is 77.4 Å². The first kappa shape index (κ1) is 24.1. The van der Waals surface area contributed by atoms with Crippen molar-refractivity contribution in [3.8, 4) is 0 Å². The minimum atomic E-state index is -4.92. The van der Waals surface area contributed by atoms with Gasteiger partial charge in [-0.15, -0.1) is 0 Å². The van der Waals surface area contributed by atoms with Gasteiger partial charge < -0.3 is 9.04 Å². The predicted molar refractivity (Wildman–Crippen MR) is 102 cm³/mol. The van der Waals surface area contributed by atoms with Crippen molar-refractivity contribution >= 4 is 10.4 Å². The van der Waals surface area contributed by atoms with Gasteiger partial charge in [-0.25, -0.2) is 8.42 Å². The molecule has 0 amide bonds. The van der Waals surface area contributed by atoms with E-state index in [-0.39, 0.29) is 0 Å². The Morgan fingerprint density at radius 2 is 1.24 bits per heavy atom. The molecule has 1 aromatic rings. The van der Waals surface area contributed by atoms with Crippen LogP contribution in [0.25, 0.3) is 0 Å². The third-order valence-electron chi connectivity index (χ3n) is 4.32. The molecule has 0 bridgehead atoms. The lowest BCUT2D eigenvalue weighted by Gasteiger charge is -2.39. The van der Waals surface area contributed by atoms with E-state index in [1.54, 1.807) is 0 Å². The molecule has 0 aromatic heterocycles. The van der Waals surface area contributed by atoms with Crippen LogP contribution in [0.15, 0.2) is 30.3 Å². The van der Waals surface area contributed by atoms with Crippen LogP contribution in [0.4, 0.5) is 0 Å². The number of rotatable bonds is 11. The summed E-state index contributed by atoms with van der Waals surface area (Å²) in [6.45, 7) is 12.2. The fraction of sp³-hybridized carbons (Fsp3) is 0.684. The number of quaternary nitrogens is 1. The summed E-state index contributed by atoms with van der Waals surface area (Å²) in [6, 6.07) is 11.1. The molecule has 0 unspecified atom stereocenters. The number of hydrogen-bond donors (Lipinski definition) is 1. The van der Waals surface area contributed by atoms with Crippen LogP contribution in [-0.2, 0) is 16.9 Å². The summed E-state index contributed by atoms with van der Waals surface area (Å²) < 4.78 is 34.1. The molecule has 0 aliphatic rings. The summed E-state index contributed by atoms with van der Waals surface area (Å²) in [7, 11) is -4.92. The molecule has 0 atom stereocenters. The molecule has 6 heteroatoms. The number of nitrogens with zero attached hydrogens (tertiary/aromatic N) is 1. The van der Waals surface area contributed by atoms with Gasteiger partial charge in [0, 0.05) is 5.56 Å². The fourth-order valence-corrected chi connectivity index (χ4v) is 3.02. The van der Waals surface area contributed by atoms with Gasteiger partial charge in [0.1, 0.15) is 6.54 Å². The van der Waals surface area contributed by atoms with Gasteiger partial charge in [0.25, 0.3) is 0 Å². The molecule has 1 rings (SSSR count). The molecular formula is C19H35NO4S. The maximum atomic E-state index is 8.63. The van der Waals surface area contributed by atoms with Gasteiger partial charge in [0.05, 0.1) is 19.6 Å². The molecule has 0 saturated carbocycles. The third-order valence-corrected chi connectivity index (χ3v) is 4.32. The largest absolute Gasteiger partial charge is 0.726 e. The maximum Gasteiger partial charge on any atom is 0.215 e. The Bertz CT molecular complexity index is 502. The summed E-state index contributed by atoms with van der Waals surface area (Å²) >= 11 is 0. The van der Waals surface area contributed by atoms with E-state index >= 15 is 0 Å². The van der Waals surface area contributed by atoms with E-state index in [9.17, 15) is 0 Å². The molecule has 1 aromatic carbocycles. The predicted octanol–water partition coefficient (Wildman–Crippen LogP) is 4.41. The first-order valence-corrected chi connectivity index (χ1v) is 10.7. The molecule has 0 spiro atoms. The van der Waals surface area contributed by atoms with Gasteiger partial charge in [-0.1, -0.05) is 70.4 Å². The zero-order chi connectivity index (χ0) is 19.2. The zero-order valence-corrected chi connectivity index (χ0v) is 16.8. The Balaban J connectivity index is 0.00000101. The normalized spacial score (nSPS) is 11.7. The fourth-order valence-electron chi connectivity index (χ4n) is 3.02. The van der Waals surface area contributed by atoms with E-state index in [1.165, 1.54) is 74.8 Å². The van der Waals surface area contributed by atoms with Crippen molar-refractivity contribution in [2.45, 2.75) is 65.8 Å². The Morgan fingerprint density at radius 1 is 0.880 bits per heavy atom. The number of unbranched alkanes of at least 4 members (excludes halogenated alkanes) is 3. The summed E-state index contributed by atoms with van der Waals surface area (Å²) in [5, 5.41) is 0. The first-order valence-electron chi connectivity index (χ1n) is 9.33. The summed E-state index contributed by atoms with van der Waals surface area (Å²) in [5.74, 6) is 0. The second kappa shape index (κ2) is 13.3. The minimum absolute atomic E-state index is 1.22. The van der Waals surface area contributed by atoms with Crippen LogP contribution in [-0.4, -0.2) is 41.6 Å². The molecular weight excluding hydrogens is 338 g/mol. The van der Waals surface area contributed by atoms with Gasteiger partial charge in [-0.3, -0.25) is 4.55 Å². The highest BCUT2D eigenvalue weighted by Gasteiger charge is 2.25. The zero-order valence-electron chi connectivity index (χ0n) is 16.0. The van der Waals surface area contributed by atoms with Crippen LogP contribution in [0.2, 0.25) is 0 Å². The Kier molecular flexibility index (Phi) is 12.8. The van der Waals surface area contributed by atoms with Crippen LogP contribution in [0.1, 0.15) is 64.9 Å². The second-order valence-corrected chi connectivity index (χ2v) is 7.50. The van der Waals surface area contributed by atoms with E-state index in [1.807, 2.05) is 0 Å². The van der Waals surface area contributed by atoms with Crippen molar-refractivity contribution < 1.29 is 22.0 Å². The second-order valence-electron chi connectivity index (χ2n) is 6.64. The first-order chi connectivity index (χ1) is 11.8. The molecule has 1 N–H and O–H groups in total. The van der Waals surface area contributed by atoms with Crippen LogP contribution < -0.4 is 0 Å². The quantitative estimate of drug-likeness (QED) is 0.354. The standard InChI is InChI=1S/C19H34N.H2O4S/c1-4-7-15-20(16-8-5-2,17-9-6-3)18-19-13-11-10-12-14-19;1-5(2,3)4/h10-14H,4-9,15-18H2,1-3H3;(H2,1,2,3,4)/q+1;/p-1. The molecule has 0 fully saturated rings. The lowest BCUT2D eigenvalue weighted by atomic mass is 10.1. The van der Waals surface area contributed by atoms with E-state index in [0.29, 0.717) is 0 Å². The lowest BCUT2D eigenvalue weighted by Crippen LogP contribution is -2.49. The lowest BCUT2D eigenvalue weighted by molar-refractivity contribution is -0.941.